The number of nitrogens with zero attached hydrogens (tertiary/aromatic N) is 2. The molecule has 0 radical (unpaired) electrons. The summed E-state index contributed by atoms with van der Waals surface area (Å²) < 4.78 is 5.45. The Morgan fingerprint density at radius 3 is 2.63 bits per heavy atom. The molecule has 1 aliphatic heterocycles. The van der Waals surface area contributed by atoms with Crippen LogP contribution in [0.1, 0.15) is 52.9 Å². The highest BCUT2D eigenvalue weighted by Gasteiger charge is 2.29. The smallest absolute Gasteiger partial charge is 0.339 e. The van der Waals surface area contributed by atoms with Crippen molar-refractivity contribution in [1.82, 2.24) is 9.88 Å². The van der Waals surface area contributed by atoms with Crippen LogP contribution in [0, 0.1) is 0 Å². The summed E-state index contributed by atoms with van der Waals surface area (Å²) in [6.07, 6.45) is 5.28. The highest BCUT2D eigenvalue weighted by Crippen LogP contribution is 2.37. The maximum atomic E-state index is 13.3. The average molecular weight is 509 g/mol. The van der Waals surface area contributed by atoms with Crippen molar-refractivity contribution >= 4 is 63.5 Å². The SMILES string of the molecule is O=C(OCC(=O)N1CCCC1=O)c1c2c(nc3ccccc13)/C(=C/c1ccc(Cl)c(Cl)c1)CCC2. The maximum Gasteiger partial charge on any atom is 0.339 e. The van der Waals surface area contributed by atoms with E-state index in [0.29, 0.717) is 52.3 Å². The number of likely N-dealkylation sites (tertiary alicyclic amines) is 1. The molecule has 2 heterocycles. The van der Waals surface area contributed by atoms with Crippen LogP contribution in [0.3, 0.4) is 0 Å². The Balaban J connectivity index is 1.52. The Hall–Kier alpha value is -3.22. The van der Waals surface area contributed by atoms with E-state index >= 15 is 0 Å². The summed E-state index contributed by atoms with van der Waals surface area (Å²) in [6.45, 7) is -0.104. The maximum absolute atomic E-state index is 13.3. The zero-order valence-corrected chi connectivity index (χ0v) is 20.4. The first-order valence-electron chi connectivity index (χ1n) is 11.5. The molecule has 3 aromatic rings. The lowest BCUT2D eigenvalue weighted by atomic mass is 9.86. The largest absolute Gasteiger partial charge is 0.452 e. The van der Waals surface area contributed by atoms with Gasteiger partial charge in [0.25, 0.3) is 5.91 Å². The van der Waals surface area contributed by atoms with Crippen molar-refractivity contribution in [2.24, 2.45) is 0 Å². The van der Waals surface area contributed by atoms with Crippen LogP contribution >= 0.6 is 23.2 Å². The zero-order valence-electron chi connectivity index (χ0n) is 18.9. The van der Waals surface area contributed by atoms with Crippen molar-refractivity contribution in [3.05, 3.63) is 74.9 Å². The number of carbonyl (C=O) groups excluding carboxylic acids is 3. The first-order valence-corrected chi connectivity index (χ1v) is 12.3. The Morgan fingerprint density at radius 2 is 1.86 bits per heavy atom. The van der Waals surface area contributed by atoms with Crippen LogP contribution in [0.25, 0.3) is 22.6 Å². The standard InChI is InChI=1S/C27H22Cl2N2O4/c28-20-11-10-16(14-21(20)29)13-17-5-3-7-19-25(18-6-1-2-8-22(18)30-26(17)19)27(34)35-15-24(33)31-12-4-9-23(31)32/h1-2,6,8,10-11,13-14H,3-5,7,9,12,15H2/b17-13+. The van der Waals surface area contributed by atoms with Gasteiger partial charge in [-0.1, -0.05) is 47.5 Å². The number of ether oxygens (including phenoxy) is 1. The van der Waals surface area contributed by atoms with Gasteiger partial charge in [0.15, 0.2) is 6.61 Å². The molecule has 0 spiro atoms. The highest BCUT2D eigenvalue weighted by molar-refractivity contribution is 6.42. The number of amides is 2. The lowest BCUT2D eigenvalue weighted by Crippen LogP contribution is -2.35. The number of para-hydroxylation sites is 1. The van der Waals surface area contributed by atoms with Crippen molar-refractivity contribution in [2.75, 3.05) is 13.2 Å². The first kappa shape index (κ1) is 23.5. The molecule has 1 fully saturated rings. The van der Waals surface area contributed by atoms with Gasteiger partial charge in [-0.3, -0.25) is 14.5 Å². The van der Waals surface area contributed by atoms with Gasteiger partial charge >= 0.3 is 5.97 Å². The monoisotopic (exact) mass is 508 g/mol. The number of imide groups is 1. The summed E-state index contributed by atoms with van der Waals surface area (Å²) in [7, 11) is 0. The quantitative estimate of drug-likeness (QED) is 0.421. The minimum Gasteiger partial charge on any atom is -0.452 e. The van der Waals surface area contributed by atoms with Gasteiger partial charge < -0.3 is 4.74 Å². The second-order valence-corrected chi connectivity index (χ2v) is 9.46. The number of fused-ring (bicyclic) bond motifs is 2. The van der Waals surface area contributed by atoms with Crippen molar-refractivity contribution in [1.29, 1.82) is 0 Å². The summed E-state index contributed by atoms with van der Waals surface area (Å²) in [5, 5.41) is 1.63. The van der Waals surface area contributed by atoms with Gasteiger partial charge in [0.05, 0.1) is 26.8 Å². The molecule has 1 saturated heterocycles. The molecule has 178 valence electrons. The first-order chi connectivity index (χ1) is 16.9. The Bertz CT molecular complexity index is 1400. The summed E-state index contributed by atoms with van der Waals surface area (Å²) in [6, 6.07) is 12.8. The topological polar surface area (TPSA) is 76.6 Å². The average Bonchev–Trinajstić information content (AvgIpc) is 3.29. The van der Waals surface area contributed by atoms with E-state index in [9.17, 15) is 14.4 Å². The normalized spacial score (nSPS) is 16.6. The molecule has 2 amide bonds. The number of hydrogen-bond acceptors (Lipinski definition) is 5. The minimum absolute atomic E-state index is 0.227. The molecule has 1 aromatic heterocycles. The molecule has 0 N–H and O–H groups in total. The van der Waals surface area contributed by atoms with Crippen LogP contribution < -0.4 is 0 Å². The van der Waals surface area contributed by atoms with Gasteiger partial charge in [0, 0.05) is 18.4 Å². The van der Waals surface area contributed by atoms with Crippen LogP contribution in [0.5, 0.6) is 0 Å². The van der Waals surface area contributed by atoms with Gasteiger partial charge in [0.2, 0.25) is 5.91 Å². The predicted molar refractivity (Wildman–Crippen MR) is 135 cm³/mol. The predicted octanol–water partition coefficient (Wildman–Crippen LogP) is 5.72. The third-order valence-electron chi connectivity index (χ3n) is 6.36. The second kappa shape index (κ2) is 9.80. The number of aromatic nitrogens is 1. The van der Waals surface area contributed by atoms with Crippen molar-refractivity contribution in [2.45, 2.75) is 32.1 Å². The molecular weight excluding hydrogens is 487 g/mol. The number of carbonyl (C=O) groups is 3. The number of hydrogen-bond donors (Lipinski definition) is 0. The van der Waals surface area contributed by atoms with E-state index in [-0.39, 0.29) is 5.91 Å². The fourth-order valence-corrected chi connectivity index (χ4v) is 5.01. The lowest BCUT2D eigenvalue weighted by molar-refractivity contribution is -0.143. The van der Waals surface area contributed by atoms with Gasteiger partial charge in [-0.25, -0.2) is 9.78 Å². The van der Waals surface area contributed by atoms with Crippen molar-refractivity contribution in [3.63, 3.8) is 0 Å². The lowest BCUT2D eigenvalue weighted by Gasteiger charge is -2.22. The molecule has 2 aliphatic rings. The van der Waals surface area contributed by atoms with E-state index < -0.39 is 18.5 Å². The molecule has 0 bridgehead atoms. The van der Waals surface area contributed by atoms with E-state index in [4.69, 9.17) is 32.9 Å². The van der Waals surface area contributed by atoms with Crippen LogP contribution in [0.15, 0.2) is 42.5 Å². The molecule has 1 aliphatic carbocycles. The Kier molecular flexibility index (Phi) is 6.58. The van der Waals surface area contributed by atoms with Crippen LogP contribution in [-0.2, 0) is 20.7 Å². The van der Waals surface area contributed by atoms with E-state index in [0.717, 1.165) is 40.1 Å². The van der Waals surface area contributed by atoms with E-state index in [1.54, 1.807) is 12.1 Å². The summed E-state index contributed by atoms with van der Waals surface area (Å²) >= 11 is 12.3. The van der Waals surface area contributed by atoms with Gasteiger partial charge in [-0.2, -0.15) is 0 Å². The van der Waals surface area contributed by atoms with Gasteiger partial charge in [-0.05, 0) is 66.7 Å². The molecule has 8 heteroatoms. The van der Waals surface area contributed by atoms with Crippen LogP contribution in [0.2, 0.25) is 10.0 Å². The number of esters is 1. The Labute approximate surface area is 212 Å². The molecule has 0 saturated carbocycles. The van der Waals surface area contributed by atoms with E-state index in [1.807, 2.05) is 36.4 Å². The number of allylic oxidation sites excluding steroid dienone is 1. The number of pyridine rings is 1. The van der Waals surface area contributed by atoms with Gasteiger partial charge in [-0.15, -0.1) is 0 Å². The molecule has 0 atom stereocenters. The van der Waals surface area contributed by atoms with Crippen LogP contribution in [-0.4, -0.2) is 40.8 Å². The summed E-state index contributed by atoms with van der Waals surface area (Å²) in [4.78, 5) is 43.7. The second-order valence-electron chi connectivity index (χ2n) is 8.65. The summed E-state index contributed by atoms with van der Waals surface area (Å²) in [5.41, 5.74) is 4.52. The molecule has 2 aromatic carbocycles. The van der Waals surface area contributed by atoms with Crippen molar-refractivity contribution in [3.8, 4) is 0 Å². The van der Waals surface area contributed by atoms with E-state index in [2.05, 4.69) is 0 Å². The van der Waals surface area contributed by atoms with Gasteiger partial charge in [0.1, 0.15) is 0 Å². The number of halogens is 2. The molecular formula is C27H22Cl2N2O4. The molecule has 0 unspecified atom stereocenters. The summed E-state index contributed by atoms with van der Waals surface area (Å²) in [5.74, 6) is -1.31. The fraction of sp³-hybridized carbons (Fsp3) is 0.259. The third kappa shape index (κ3) is 4.68. The fourth-order valence-electron chi connectivity index (χ4n) is 4.70. The zero-order chi connectivity index (χ0) is 24.5. The Morgan fingerprint density at radius 1 is 1.03 bits per heavy atom. The van der Waals surface area contributed by atoms with Crippen molar-refractivity contribution < 1.29 is 19.1 Å². The van der Waals surface area contributed by atoms with Crippen LogP contribution in [0.4, 0.5) is 0 Å². The molecule has 5 rings (SSSR count). The van der Waals surface area contributed by atoms with E-state index in [1.165, 1.54) is 0 Å². The highest BCUT2D eigenvalue weighted by atomic mass is 35.5. The minimum atomic E-state index is -0.587. The third-order valence-corrected chi connectivity index (χ3v) is 7.10. The molecule has 6 nitrogen and oxygen atoms in total. The number of benzene rings is 2. The number of rotatable bonds is 4. The molecule has 35 heavy (non-hydrogen) atoms.